The zero-order chi connectivity index (χ0) is 13.1. The number of alkyl halides is 3. The van der Waals surface area contributed by atoms with Crippen molar-refractivity contribution < 1.29 is 19.4 Å². The van der Waals surface area contributed by atoms with Crippen LogP contribution in [0.25, 0.3) is 0 Å². The highest BCUT2D eigenvalue weighted by molar-refractivity contribution is 6.75. The molecular weight excluding hydrogens is 290 g/mol. The van der Waals surface area contributed by atoms with Gasteiger partial charge >= 0.3 is 11.9 Å². The fraction of sp³-hybridized carbons (Fsp3) is 0.200. The molecule has 1 aromatic carbocycles. The number of ether oxygens (including phenoxy) is 1. The minimum Gasteiger partial charge on any atom is -0.478 e. The molecule has 0 aliphatic carbocycles. The number of carbonyl (C=O) groups excluding carboxylic acids is 1. The SMILES string of the molecule is O=C(O)C(OC(=O)C(Cl)(Cl)Cl)c1ccccc1. The predicted octanol–water partition coefficient (Wildman–Crippen LogP) is 2.73. The molecule has 92 valence electrons. The number of carboxylic acid groups (broad SMARTS) is 1. The van der Waals surface area contributed by atoms with Crippen LogP contribution < -0.4 is 0 Å². The first-order chi connectivity index (χ1) is 7.82. The summed E-state index contributed by atoms with van der Waals surface area (Å²) in [5.41, 5.74) is 0.280. The van der Waals surface area contributed by atoms with Gasteiger partial charge in [0.25, 0.3) is 3.79 Å². The Labute approximate surface area is 112 Å². The molecule has 0 aliphatic rings. The number of carboxylic acids is 1. The quantitative estimate of drug-likeness (QED) is 0.688. The Morgan fingerprint density at radius 1 is 1.18 bits per heavy atom. The molecule has 1 N–H and O–H groups in total. The van der Waals surface area contributed by atoms with Crippen LogP contribution in [0.15, 0.2) is 30.3 Å². The summed E-state index contributed by atoms with van der Waals surface area (Å²) >= 11 is 15.8. The van der Waals surface area contributed by atoms with Crippen LogP contribution in [-0.4, -0.2) is 20.8 Å². The van der Waals surface area contributed by atoms with E-state index in [-0.39, 0.29) is 5.56 Å². The molecule has 0 aliphatic heterocycles. The fourth-order valence-corrected chi connectivity index (χ4v) is 1.20. The molecule has 1 unspecified atom stereocenters. The first-order valence-electron chi connectivity index (χ1n) is 4.38. The lowest BCUT2D eigenvalue weighted by Crippen LogP contribution is -2.27. The van der Waals surface area contributed by atoms with E-state index in [1.807, 2.05) is 0 Å². The standard InChI is InChI=1S/C10H7Cl3O4/c11-10(12,13)9(16)17-7(8(14)15)6-4-2-1-3-5-6/h1-5,7H,(H,14,15). The van der Waals surface area contributed by atoms with Crippen molar-refractivity contribution in [3.05, 3.63) is 35.9 Å². The summed E-state index contributed by atoms with van der Waals surface area (Å²) in [6, 6.07) is 7.89. The van der Waals surface area contributed by atoms with Crippen molar-refractivity contribution in [2.45, 2.75) is 9.90 Å². The molecule has 0 amide bonds. The summed E-state index contributed by atoms with van der Waals surface area (Å²) in [7, 11) is 0. The van der Waals surface area contributed by atoms with E-state index in [1.165, 1.54) is 12.1 Å². The van der Waals surface area contributed by atoms with Crippen molar-refractivity contribution in [1.29, 1.82) is 0 Å². The van der Waals surface area contributed by atoms with Crippen LogP contribution in [-0.2, 0) is 14.3 Å². The van der Waals surface area contributed by atoms with E-state index in [0.717, 1.165) is 0 Å². The second-order valence-electron chi connectivity index (χ2n) is 3.03. The summed E-state index contributed by atoms with van der Waals surface area (Å²) in [4.78, 5) is 22.2. The second-order valence-corrected chi connectivity index (χ2v) is 5.31. The number of esters is 1. The van der Waals surface area contributed by atoms with Gasteiger partial charge in [-0.05, 0) is 0 Å². The second kappa shape index (κ2) is 5.58. The average Bonchev–Trinajstić information content (AvgIpc) is 2.25. The number of carbonyl (C=O) groups is 2. The van der Waals surface area contributed by atoms with Gasteiger partial charge in [0, 0.05) is 5.56 Å². The Hall–Kier alpha value is -0.970. The largest absolute Gasteiger partial charge is 0.478 e. The fourth-order valence-electron chi connectivity index (χ4n) is 1.06. The van der Waals surface area contributed by atoms with Gasteiger partial charge < -0.3 is 9.84 Å². The smallest absolute Gasteiger partial charge is 0.359 e. The lowest BCUT2D eigenvalue weighted by molar-refractivity contribution is -0.164. The van der Waals surface area contributed by atoms with Gasteiger partial charge in [0.2, 0.25) is 6.10 Å². The number of hydrogen-bond donors (Lipinski definition) is 1. The van der Waals surface area contributed by atoms with Crippen molar-refractivity contribution in [2.75, 3.05) is 0 Å². The van der Waals surface area contributed by atoms with E-state index >= 15 is 0 Å². The van der Waals surface area contributed by atoms with Gasteiger partial charge in [0.1, 0.15) is 0 Å². The Morgan fingerprint density at radius 3 is 2.12 bits per heavy atom. The van der Waals surface area contributed by atoms with Gasteiger partial charge in [0.15, 0.2) is 0 Å². The van der Waals surface area contributed by atoms with Crippen molar-refractivity contribution in [2.24, 2.45) is 0 Å². The minimum absolute atomic E-state index is 0.280. The molecular formula is C10H7Cl3O4. The van der Waals surface area contributed by atoms with Gasteiger partial charge in [-0.1, -0.05) is 65.1 Å². The normalized spacial score (nSPS) is 12.9. The molecule has 0 saturated carbocycles. The van der Waals surface area contributed by atoms with Crippen LogP contribution in [0, 0.1) is 0 Å². The maximum Gasteiger partial charge on any atom is 0.359 e. The van der Waals surface area contributed by atoms with Crippen LogP contribution in [0.1, 0.15) is 11.7 Å². The van der Waals surface area contributed by atoms with E-state index in [2.05, 4.69) is 4.74 Å². The molecule has 7 heteroatoms. The monoisotopic (exact) mass is 296 g/mol. The highest BCUT2D eigenvalue weighted by Gasteiger charge is 2.37. The Morgan fingerprint density at radius 2 is 1.71 bits per heavy atom. The van der Waals surface area contributed by atoms with Gasteiger partial charge in [-0.15, -0.1) is 0 Å². The lowest BCUT2D eigenvalue weighted by atomic mass is 10.1. The van der Waals surface area contributed by atoms with Crippen molar-refractivity contribution in [3.8, 4) is 0 Å². The van der Waals surface area contributed by atoms with Gasteiger partial charge in [-0.3, -0.25) is 0 Å². The lowest BCUT2D eigenvalue weighted by Gasteiger charge is -2.16. The van der Waals surface area contributed by atoms with E-state index in [0.29, 0.717) is 0 Å². The predicted molar refractivity (Wildman–Crippen MR) is 63.2 cm³/mol. The van der Waals surface area contributed by atoms with Crippen LogP contribution in [0.3, 0.4) is 0 Å². The zero-order valence-corrected chi connectivity index (χ0v) is 10.5. The Balaban J connectivity index is 2.90. The van der Waals surface area contributed by atoms with Crippen LogP contribution in [0.5, 0.6) is 0 Å². The highest BCUT2D eigenvalue weighted by Crippen LogP contribution is 2.30. The van der Waals surface area contributed by atoms with Crippen LogP contribution >= 0.6 is 34.8 Å². The van der Waals surface area contributed by atoms with Crippen LogP contribution in [0.2, 0.25) is 0 Å². The molecule has 17 heavy (non-hydrogen) atoms. The summed E-state index contributed by atoms with van der Waals surface area (Å²) in [6.45, 7) is 0. The Bertz CT molecular complexity index is 413. The number of aliphatic carboxylic acids is 1. The van der Waals surface area contributed by atoms with E-state index in [1.54, 1.807) is 18.2 Å². The van der Waals surface area contributed by atoms with Gasteiger partial charge in [0.05, 0.1) is 0 Å². The Kier molecular flexibility index (Phi) is 4.62. The molecule has 1 rings (SSSR count). The molecule has 0 saturated heterocycles. The molecule has 4 nitrogen and oxygen atoms in total. The van der Waals surface area contributed by atoms with E-state index < -0.39 is 21.8 Å². The first-order valence-corrected chi connectivity index (χ1v) is 5.51. The third-order valence-electron chi connectivity index (χ3n) is 1.78. The van der Waals surface area contributed by atoms with Gasteiger partial charge in [-0.25, -0.2) is 9.59 Å². The number of benzene rings is 1. The number of hydrogen-bond acceptors (Lipinski definition) is 3. The van der Waals surface area contributed by atoms with Crippen molar-refractivity contribution in [3.63, 3.8) is 0 Å². The molecule has 0 heterocycles. The van der Waals surface area contributed by atoms with E-state index in [9.17, 15) is 9.59 Å². The molecule has 0 spiro atoms. The van der Waals surface area contributed by atoms with Gasteiger partial charge in [-0.2, -0.15) is 0 Å². The van der Waals surface area contributed by atoms with Crippen LogP contribution in [0.4, 0.5) is 0 Å². The third kappa shape index (κ3) is 4.07. The van der Waals surface area contributed by atoms with E-state index in [4.69, 9.17) is 39.9 Å². The summed E-state index contributed by atoms with van der Waals surface area (Å²) < 4.78 is 2.33. The maximum atomic E-state index is 11.3. The minimum atomic E-state index is -2.30. The number of rotatable bonds is 3. The summed E-state index contributed by atoms with van der Waals surface area (Å²) in [5, 5.41) is 8.93. The number of halogens is 3. The molecule has 1 aromatic rings. The molecule has 0 aromatic heterocycles. The third-order valence-corrected chi connectivity index (χ3v) is 2.25. The average molecular weight is 298 g/mol. The topological polar surface area (TPSA) is 63.6 Å². The molecule has 0 bridgehead atoms. The molecule has 0 radical (unpaired) electrons. The zero-order valence-electron chi connectivity index (χ0n) is 8.27. The summed E-state index contributed by atoms with van der Waals surface area (Å²) in [6.07, 6.45) is -1.50. The molecule has 0 fully saturated rings. The van der Waals surface area contributed by atoms with Crippen molar-refractivity contribution >= 4 is 46.7 Å². The first kappa shape index (κ1) is 14.1. The maximum absolute atomic E-state index is 11.3. The summed E-state index contributed by atoms with van der Waals surface area (Å²) in [5.74, 6) is -2.59. The molecule has 1 atom stereocenters. The van der Waals surface area contributed by atoms with Crippen molar-refractivity contribution in [1.82, 2.24) is 0 Å². The highest BCUT2D eigenvalue weighted by atomic mass is 35.6.